The Kier molecular flexibility index (Phi) is 6.78. The van der Waals surface area contributed by atoms with E-state index in [1.54, 1.807) is 16.8 Å². The highest BCUT2D eigenvalue weighted by Crippen LogP contribution is 2.32. The Morgan fingerprint density at radius 1 is 1.38 bits per heavy atom. The number of benzene rings is 1. The smallest absolute Gasteiger partial charge is 0.228 e. The molecule has 3 rings (SSSR count). The van der Waals surface area contributed by atoms with E-state index in [1.165, 1.54) is 12.1 Å². The summed E-state index contributed by atoms with van der Waals surface area (Å²) in [6.45, 7) is 6.05. The number of nitrogens with one attached hydrogen (secondary N) is 1. The average molecular weight is 381 g/mol. The predicted octanol–water partition coefficient (Wildman–Crippen LogP) is 2.89. The Bertz CT molecular complexity index is 733. The van der Waals surface area contributed by atoms with Crippen LogP contribution in [0.5, 0.6) is 0 Å². The van der Waals surface area contributed by atoms with Crippen LogP contribution >= 0.6 is 12.4 Å². The number of nitrogens with zero attached hydrogens (tertiary/aromatic N) is 3. The fraction of sp³-hybridized carbons (Fsp3) is 0.474. The average Bonchev–Trinajstić information content (AvgIpc) is 3.24. The van der Waals surface area contributed by atoms with Gasteiger partial charge in [-0.25, -0.2) is 4.39 Å². The predicted molar refractivity (Wildman–Crippen MR) is 102 cm³/mol. The first kappa shape index (κ1) is 20.4. The number of hydrogen-bond donors (Lipinski definition) is 1. The van der Waals surface area contributed by atoms with Gasteiger partial charge in [0.1, 0.15) is 5.82 Å². The number of amides is 1. The highest BCUT2D eigenvalue weighted by molar-refractivity contribution is 5.85. The molecule has 1 aromatic heterocycles. The van der Waals surface area contributed by atoms with Gasteiger partial charge in [-0.3, -0.25) is 9.48 Å². The first-order valence-electron chi connectivity index (χ1n) is 8.76. The molecule has 2 aromatic rings. The minimum absolute atomic E-state index is 0. The van der Waals surface area contributed by atoms with E-state index in [0.29, 0.717) is 13.1 Å². The van der Waals surface area contributed by atoms with Crippen molar-refractivity contribution in [2.24, 2.45) is 13.0 Å². The van der Waals surface area contributed by atoms with Crippen LogP contribution in [0.25, 0.3) is 0 Å². The van der Waals surface area contributed by atoms with Crippen molar-refractivity contribution in [3.8, 4) is 0 Å². The zero-order valence-electron chi connectivity index (χ0n) is 15.4. The molecule has 1 aromatic carbocycles. The number of halogens is 2. The van der Waals surface area contributed by atoms with E-state index < -0.39 is 0 Å². The molecule has 0 bridgehead atoms. The van der Waals surface area contributed by atoms with Crippen molar-refractivity contribution in [3.63, 3.8) is 0 Å². The third kappa shape index (κ3) is 4.07. The van der Waals surface area contributed by atoms with Gasteiger partial charge in [-0.2, -0.15) is 5.10 Å². The van der Waals surface area contributed by atoms with Crippen molar-refractivity contribution in [2.45, 2.75) is 25.8 Å². The molecule has 1 amide bonds. The van der Waals surface area contributed by atoms with E-state index in [0.717, 1.165) is 17.7 Å². The third-order valence-electron chi connectivity index (χ3n) is 5.13. The Morgan fingerprint density at radius 2 is 2.08 bits per heavy atom. The van der Waals surface area contributed by atoms with Crippen molar-refractivity contribution in [3.05, 3.63) is 53.6 Å². The van der Waals surface area contributed by atoms with Crippen LogP contribution < -0.4 is 5.32 Å². The topological polar surface area (TPSA) is 50.2 Å². The van der Waals surface area contributed by atoms with Crippen LogP contribution in [0.3, 0.4) is 0 Å². The highest BCUT2D eigenvalue weighted by Gasteiger charge is 2.38. The normalized spacial score (nSPS) is 20.5. The van der Waals surface area contributed by atoms with Crippen molar-refractivity contribution in [2.75, 3.05) is 19.6 Å². The molecule has 2 heterocycles. The SMILES string of the molecule is CCN(C(=O)[C@H]1CNC[C@@H]1c1cnn(C)c1)C(C)c1ccc(F)cc1.Cl. The summed E-state index contributed by atoms with van der Waals surface area (Å²) in [5, 5.41) is 7.58. The summed E-state index contributed by atoms with van der Waals surface area (Å²) in [5.74, 6) is -0.0946. The summed E-state index contributed by atoms with van der Waals surface area (Å²) in [6.07, 6.45) is 3.83. The maximum absolute atomic E-state index is 13.2. The van der Waals surface area contributed by atoms with Gasteiger partial charge in [0, 0.05) is 38.8 Å². The Morgan fingerprint density at radius 3 is 2.65 bits per heavy atom. The standard InChI is InChI=1S/C19H25FN4O.ClH/c1-4-24(13(2)14-5-7-16(20)8-6-14)19(25)18-11-21-10-17(18)15-9-22-23(3)12-15;/h5-9,12-13,17-18,21H,4,10-11H2,1-3H3;1H/t13?,17-,18+;/m1./s1. The summed E-state index contributed by atoms with van der Waals surface area (Å²) in [5.41, 5.74) is 2.04. The van der Waals surface area contributed by atoms with E-state index in [9.17, 15) is 9.18 Å². The molecule has 0 saturated carbocycles. The van der Waals surface area contributed by atoms with E-state index in [4.69, 9.17) is 0 Å². The van der Waals surface area contributed by atoms with Gasteiger partial charge in [0.05, 0.1) is 18.2 Å². The molecular formula is C19H26ClFN4O. The maximum Gasteiger partial charge on any atom is 0.228 e. The highest BCUT2D eigenvalue weighted by atomic mass is 35.5. The lowest BCUT2D eigenvalue weighted by Gasteiger charge is -2.32. The lowest BCUT2D eigenvalue weighted by Crippen LogP contribution is -2.40. The lowest BCUT2D eigenvalue weighted by atomic mass is 9.89. The number of aromatic nitrogens is 2. The van der Waals surface area contributed by atoms with E-state index in [1.807, 2.05) is 38.2 Å². The van der Waals surface area contributed by atoms with Gasteiger partial charge in [-0.15, -0.1) is 12.4 Å². The van der Waals surface area contributed by atoms with Crippen molar-refractivity contribution in [1.29, 1.82) is 0 Å². The van der Waals surface area contributed by atoms with Gasteiger partial charge < -0.3 is 10.2 Å². The minimum Gasteiger partial charge on any atom is -0.336 e. The molecule has 0 radical (unpaired) electrons. The molecule has 1 unspecified atom stereocenters. The fourth-order valence-electron chi connectivity index (χ4n) is 3.67. The van der Waals surface area contributed by atoms with Gasteiger partial charge >= 0.3 is 0 Å². The maximum atomic E-state index is 13.2. The molecule has 3 atom stereocenters. The largest absolute Gasteiger partial charge is 0.336 e. The molecule has 1 N–H and O–H groups in total. The van der Waals surface area contributed by atoms with Gasteiger partial charge in [0.2, 0.25) is 5.91 Å². The number of aryl methyl sites for hydroxylation is 1. The molecule has 1 fully saturated rings. The van der Waals surface area contributed by atoms with Gasteiger partial charge in [0.25, 0.3) is 0 Å². The van der Waals surface area contributed by atoms with Crippen molar-refractivity contribution < 1.29 is 9.18 Å². The van der Waals surface area contributed by atoms with Gasteiger partial charge in [0.15, 0.2) is 0 Å². The summed E-state index contributed by atoms with van der Waals surface area (Å²) in [7, 11) is 1.89. The summed E-state index contributed by atoms with van der Waals surface area (Å²) >= 11 is 0. The Labute approximate surface area is 160 Å². The molecule has 1 aliphatic heterocycles. The van der Waals surface area contributed by atoms with E-state index in [-0.39, 0.29) is 42.0 Å². The summed E-state index contributed by atoms with van der Waals surface area (Å²) < 4.78 is 15.0. The molecule has 7 heteroatoms. The van der Waals surface area contributed by atoms with Crippen LogP contribution in [0, 0.1) is 11.7 Å². The molecule has 1 aliphatic rings. The van der Waals surface area contributed by atoms with Crippen LogP contribution in [-0.2, 0) is 11.8 Å². The molecular weight excluding hydrogens is 355 g/mol. The van der Waals surface area contributed by atoms with Crippen LogP contribution in [-0.4, -0.2) is 40.2 Å². The molecule has 26 heavy (non-hydrogen) atoms. The molecule has 1 saturated heterocycles. The van der Waals surface area contributed by atoms with Crippen LogP contribution in [0.2, 0.25) is 0 Å². The summed E-state index contributed by atoms with van der Waals surface area (Å²) in [4.78, 5) is 15.1. The van der Waals surface area contributed by atoms with E-state index in [2.05, 4.69) is 10.4 Å². The van der Waals surface area contributed by atoms with Gasteiger partial charge in [-0.05, 0) is 37.1 Å². The lowest BCUT2D eigenvalue weighted by molar-refractivity contribution is -0.137. The second-order valence-corrected chi connectivity index (χ2v) is 6.67. The second kappa shape index (κ2) is 8.64. The molecule has 0 aliphatic carbocycles. The second-order valence-electron chi connectivity index (χ2n) is 6.67. The summed E-state index contributed by atoms with van der Waals surface area (Å²) in [6, 6.07) is 6.30. The quantitative estimate of drug-likeness (QED) is 0.867. The third-order valence-corrected chi connectivity index (χ3v) is 5.13. The first-order valence-corrected chi connectivity index (χ1v) is 8.76. The Hall–Kier alpha value is -1.92. The Balaban J connectivity index is 0.00000243. The molecule has 142 valence electrons. The van der Waals surface area contributed by atoms with Crippen LogP contribution in [0.1, 0.15) is 36.9 Å². The number of carbonyl (C=O) groups excluding carboxylic acids is 1. The first-order chi connectivity index (χ1) is 12.0. The number of carbonyl (C=O) groups is 1. The van der Waals surface area contributed by atoms with Crippen molar-refractivity contribution in [1.82, 2.24) is 20.0 Å². The zero-order chi connectivity index (χ0) is 18.0. The van der Waals surface area contributed by atoms with E-state index >= 15 is 0 Å². The molecule has 0 spiro atoms. The van der Waals surface area contributed by atoms with Crippen LogP contribution in [0.4, 0.5) is 4.39 Å². The minimum atomic E-state index is -0.262. The zero-order valence-corrected chi connectivity index (χ0v) is 16.2. The molecule has 5 nitrogen and oxygen atoms in total. The monoisotopic (exact) mass is 380 g/mol. The van der Waals surface area contributed by atoms with Crippen molar-refractivity contribution >= 4 is 18.3 Å². The van der Waals surface area contributed by atoms with Crippen LogP contribution in [0.15, 0.2) is 36.7 Å². The van der Waals surface area contributed by atoms with Gasteiger partial charge in [-0.1, -0.05) is 12.1 Å². The number of hydrogen-bond acceptors (Lipinski definition) is 3. The fourth-order valence-corrected chi connectivity index (χ4v) is 3.67. The number of rotatable bonds is 5.